The highest BCUT2D eigenvalue weighted by atomic mass is 35.5. The zero-order valence-corrected chi connectivity index (χ0v) is 21.0. The zero-order chi connectivity index (χ0) is 25.5. The van der Waals surface area contributed by atoms with Crippen LogP contribution < -0.4 is 0 Å². The predicted octanol–water partition coefficient (Wildman–Crippen LogP) is 5.13. The van der Waals surface area contributed by atoms with Crippen LogP contribution >= 0.6 is 22.9 Å². The Hall–Kier alpha value is -3.58. The topological polar surface area (TPSA) is 91.6 Å². The number of halogens is 4. The number of hydrogen-bond donors (Lipinski definition) is 0. The maximum Gasteiger partial charge on any atom is 0.433 e. The highest BCUT2D eigenvalue weighted by molar-refractivity contribution is 7.26. The second-order valence-electron chi connectivity index (χ2n) is 8.46. The van der Waals surface area contributed by atoms with Gasteiger partial charge in [-0.3, -0.25) is 9.36 Å². The summed E-state index contributed by atoms with van der Waals surface area (Å²) in [6, 6.07) is 1.06. The Kier molecular flexibility index (Phi) is 4.89. The standard InChI is InChI=1S/C22H17ClF3N9S/c1-9-17(23)11(3)34(31-9)7-15-30-20-19-18(27-8-35(20)32-15)16-12(13-6-28-33(4)10(13)2)5-14(22(24,25)26)29-21(16)36-19/h5-6,8H,7H2,1-4H3. The maximum absolute atomic E-state index is 13.8. The lowest BCUT2D eigenvalue weighted by Gasteiger charge is -2.10. The van der Waals surface area contributed by atoms with E-state index < -0.39 is 11.9 Å². The minimum Gasteiger partial charge on any atom is -0.272 e. The van der Waals surface area contributed by atoms with E-state index in [9.17, 15) is 13.2 Å². The molecule has 0 unspecified atom stereocenters. The van der Waals surface area contributed by atoms with Gasteiger partial charge in [-0.05, 0) is 32.4 Å². The van der Waals surface area contributed by atoms with Crippen molar-refractivity contribution in [3.8, 4) is 11.1 Å². The number of rotatable bonds is 3. The Labute approximate surface area is 210 Å². The molecule has 0 amide bonds. The number of aryl methyl sites for hydroxylation is 2. The molecule has 184 valence electrons. The van der Waals surface area contributed by atoms with Gasteiger partial charge in [0.05, 0.1) is 28.1 Å². The molecule has 36 heavy (non-hydrogen) atoms. The molecular formula is C22H17ClF3N9S. The number of nitrogens with zero attached hydrogens (tertiary/aromatic N) is 9. The summed E-state index contributed by atoms with van der Waals surface area (Å²) in [5, 5.41) is 14.2. The quantitative estimate of drug-likeness (QED) is 0.314. The summed E-state index contributed by atoms with van der Waals surface area (Å²) in [5.74, 6) is 0.469. The molecule has 14 heteroatoms. The second-order valence-corrected chi connectivity index (χ2v) is 9.84. The fourth-order valence-corrected chi connectivity index (χ4v) is 5.49. The lowest BCUT2D eigenvalue weighted by molar-refractivity contribution is -0.140. The first kappa shape index (κ1) is 22.9. The van der Waals surface area contributed by atoms with Gasteiger partial charge in [-0.25, -0.2) is 19.5 Å². The van der Waals surface area contributed by atoms with E-state index in [1.807, 2.05) is 13.8 Å². The minimum absolute atomic E-state index is 0.216. The summed E-state index contributed by atoms with van der Waals surface area (Å²) in [5.41, 5.74) is 3.19. The molecule has 0 aliphatic carbocycles. The van der Waals surface area contributed by atoms with E-state index in [0.29, 0.717) is 48.9 Å². The van der Waals surface area contributed by atoms with E-state index in [4.69, 9.17) is 11.6 Å². The van der Waals surface area contributed by atoms with Gasteiger partial charge in [0.2, 0.25) is 0 Å². The van der Waals surface area contributed by atoms with Crippen LogP contribution in [0.3, 0.4) is 0 Å². The van der Waals surface area contributed by atoms with E-state index in [1.165, 1.54) is 10.8 Å². The summed E-state index contributed by atoms with van der Waals surface area (Å²) >= 11 is 7.36. The van der Waals surface area contributed by atoms with Gasteiger partial charge >= 0.3 is 6.18 Å². The van der Waals surface area contributed by atoms with Gasteiger partial charge in [-0.1, -0.05) is 11.6 Å². The Morgan fingerprint density at radius 1 is 1.06 bits per heavy atom. The van der Waals surface area contributed by atoms with Crippen LogP contribution in [0.15, 0.2) is 18.6 Å². The molecule has 6 heterocycles. The number of thiophene rings is 1. The summed E-state index contributed by atoms with van der Waals surface area (Å²) in [6.45, 7) is 5.76. The lowest BCUT2D eigenvalue weighted by Crippen LogP contribution is -2.08. The molecule has 0 atom stereocenters. The van der Waals surface area contributed by atoms with Gasteiger partial charge in [0.1, 0.15) is 28.1 Å². The molecule has 0 aromatic carbocycles. The first-order chi connectivity index (χ1) is 17.0. The van der Waals surface area contributed by atoms with Crippen molar-refractivity contribution in [3.05, 3.63) is 52.2 Å². The summed E-state index contributed by atoms with van der Waals surface area (Å²) < 4.78 is 46.7. The molecule has 9 nitrogen and oxygen atoms in total. The molecule has 0 N–H and O–H groups in total. The molecule has 0 fully saturated rings. The van der Waals surface area contributed by atoms with E-state index in [2.05, 4.69) is 30.2 Å². The van der Waals surface area contributed by atoms with Crippen molar-refractivity contribution in [2.45, 2.75) is 33.5 Å². The Bertz CT molecular complexity index is 1830. The van der Waals surface area contributed by atoms with E-state index in [0.717, 1.165) is 28.8 Å². The van der Waals surface area contributed by atoms with Crippen molar-refractivity contribution < 1.29 is 13.2 Å². The molecule has 0 saturated heterocycles. The van der Waals surface area contributed by atoms with Crippen molar-refractivity contribution >= 4 is 49.0 Å². The van der Waals surface area contributed by atoms with Gasteiger partial charge in [-0.15, -0.1) is 16.4 Å². The van der Waals surface area contributed by atoms with Gasteiger partial charge in [0.15, 0.2) is 11.5 Å². The molecule has 6 aromatic rings. The zero-order valence-electron chi connectivity index (χ0n) is 19.4. The van der Waals surface area contributed by atoms with Crippen LogP contribution in [0, 0.1) is 20.8 Å². The third-order valence-electron chi connectivity index (χ3n) is 6.21. The fraction of sp³-hybridized carbons (Fsp3) is 0.273. The monoisotopic (exact) mass is 531 g/mol. The van der Waals surface area contributed by atoms with E-state index in [-0.39, 0.29) is 11.4 Å². The molecule has 0 saturated carbocycles. The molecular weight excluding hydrogens is 515 g/mol. The van der Waals surface area contributed by atoms with Gasteiger partial charge in [-0.2, -0.15) is 23.4 Å². The highest BCUT2D eigenvalue weighted by Crippen LogP contribution is 2.42. The number of alkyl halides is 3. The molecule has 0 aliphatic rings. The molecule has 0 aliphatic heterocycles. The third-order valence-corrected chi connectivity index (χ3v) is 7.83. The number of pyridine rings is 1. The second kappa shape index (κ2) is 7.71. The average Bonchev–Trinajstić information content (AvgIpc) is 3.55. The van der Waals surface area contributed by atoms with E-state index in [1.54, 1.807) is 29.5 Å². The van der Waals surface area contributed by atoms with Gasteiger partial charge < -0.3 is 0 Å². The summed E-state index contributed by atoms with van der Waals surface area (Å²) in [6.07, 6.45) is -1.55. The Balaban J connectivity index is 1.59. The molecule has 6 aromatic heterocycles. The summed E-state index contributed by atoms with van der Waals surface area (Å²) in [7, 11) is 1.74. The molecule has 6 rings (SSSR count). The SMILES string of the molecule is Cc1nn(Cc2nc3c4sc5nc(C(F)(F)F)cc(-c6cnn(C)c6C)c5c4ncn3n2)c(C)c1Cl. The Morgan fingerprint density at radius 3 is 2.47 bits per heavy atom. The minimum atomic E-state index is -4.61. The van der Waals surface area contributed by atoms with Gasteiger partial charge in [0.25, 0.3) is 0 Å². The van der Waals surface area contributed by atoms with Crippen molar-refractivity contribution in [1.82, 2.24) is 44.1 Å². The average molecular weight is 532 g/mol. The van der Waals surface area contributed by atoms with Crippen LogP contribution in [0.5, 0.6) is 0 Å². The predicted molar refractivity (Wildman–Crippen MR) is 129 cm³/mol. The Morgan fingerprint density at radius 2 is 1.83 bits per heavy atom. The smallest absolute Gasteiger partial charge is 0.272 e. The van der Waals surface area contributed by atoms with Crippen LogP contribution in [0.1, 0.15) is 28.6 Å². The largest absolute Gasteiger partial charge is 0.433 e. The van der Waals surface area contributed by atoms with E-state index >= 15 is 0 Å². The fourth-order valence-electron chi connectivity index (χ4n) is 4.22. The van der Waals surface area contributed by atoms with Crippen LogP contribution in [0.4, 0.5) is 13.2 Å². The number of hydrogen-bond acceptors (Lipinski definition) is 7. The molecule has 0 radical (unpaired) electrons. The maximum atomic E-state index is 13.8. The van der Waals surface area contributed by atoms with Crippen LogP contribution in [-0.4, -0.2) is 44.1 Å². The number of fused-ring (bicyclic) bond motifs is 5. The normalized spacial score (nSPS) is 12.6. The van der Waals surface area contributed by atoms with Crippen LogP contribution in [0.25, 0.3) is 37.2 Å². The van der Waals surface area contributed by atoms with Crippen LogP contribution in [-0.2, 0) is 19.8 Å². The van der Waals surface area contributed by atoms with Crippen molar-refractivity contribution in [2.75, 3.05) is 0 Å². The highest BCUT2D eigenvalue weighted by Gasteiger charge is 2.35. The van der Waals surface area contributed by atoms with Crippen molar-refractivity contribution in [1.29, 1.82) is 0 Å². The number of aromatic nitrogens is 9. The first-order valence-corrected chi connectivity index (χ1v) is 12.0. The molecule has 0 bridgehead atoms. The van der Waals surface area contributed by atoms with Gasteiger partial charge in [0, 0.05) is 23.7 Å². The summed E-state index contributed by atoms with van der Waals surface area (Å²) in [4.78, 5) is 13.4. The third kappa shape index (κ3) is 3.37. The first-order valence-electron chi connectivity index (χ1n) is 10.8. The lowest BCUT2D eigenvalue weighted by atomic mass is 10.0. The molecule has 0 spiro atoms. The van der Waals surface area contributed by atoms with Crippen molar-refractivity contribution in [2.24, 2.45) is 7.05 Å². The van der Waals surface area contributed by atoms with Crippen molar-refractivity contribution in [3.63, 3.8) is 0 Å². The van der Waals surface area contributed by atoms with Crippen LogP contribution in [0.2, 0.25) is 5.02 Å².